The van der Waals surface area contributed by atoms with Gasteiger partial charge in [-0.05, 0) is 28.1 Å². The minimum Gasteiger partial charge on any atom is -0.361 e. The molecule has 4 heteroatoms. The highest BCUT2D eigenvalue weighted by Crippen LogP contribution is 2.30. The van der Waals surface area contributed by atoms with Crippen molar-refractivity contribution in [1.82, 2.24) is 5.32 Å². The van der Waals surface area contributed by atoms with E-state index in [1.54, 1.807) is 11.3 Å². The third kappa shape index (κ3) is 1.51. The zero-order chi connectivity index (χ0) is 8.55. The molecule has 2 nitrogen and oxygen atoms in total. The second-order valence-electron chi connectivity index (χ2n) is 3.00. The molecule has 1 aliphatic rings. The van der Waals surface area contributed by atoms with Crippen LogP contribution >= 0.6 is 27.3 Å². The van der Waals surface area contributed by atoms with Gasteiger partial charge in [0, 0.05) is 20.1 Å². The van der Waals surface area contributed by atoms with Crippen LogP contribution in [0, 0.1) is 0 Å². The van der Waals surface area contributed by atoms with Crippen molar-refractivity contribution < 1.29 is 0 Å². The van der Waals surface area contributed by atoms with Crippen LogP contribution in [0.4, 0.5) is 5.00 Å². The lowest BCUT2D eigenvalue weighted by Crippen LogP contribution is -2.55. The van der Waals surface area contributed by atoms with Crippen molar-refractivity contribution in [2.45, 2.75) is 6.04 Å². The fraction of sp³-hybridized carbons (Fsp3) is 0.500. The number of likely N-dealkylation sites (N-methyl/N-ethyl adjacent to an activating group) is 1. The number of hydrogen-bond donors (Lipinski definition) is 1. The molecule has 1 aromatic heterocycles. The summed E-state index contributed by atoms with van der Waals surface area (Å²) in [5.41, 5.74) is 0. The van der Waals surface area contributed by atoms with Crippen LogP contribution in [0.1, 0.15) is 0 Å². The zero-order valence-electron chi connectivity index (χ0n) is 6.88. The van der Waals surface area contributed by atoms with Gasteiger partial charge in [-0.2, -0.15) is 0 Å². The molecule has 0 saturated carbocycles. The predicted molar refractivity (Wildman–Crippen MR) is 57.1 cm³/mol. The highest BCUT2D eigenvalue weighted by Gasteiger charge is 2.22. The highest BCUT2D eigenvalue weighted by molar-refractivity contribution is 9.11. The van der Waals surface area contributed by atoms with Crippen molar-refractivity contribution in [3.63, 3.8) is 0 Å². The van der Waals surface area contributed by atoms with Gasteiger partial charge in [-0.1, -0.05) is 0 Å². The topological polar surface area (TPSA) is 15.3 Å². The van der Waals surface area contributed by atoms with Crippen molar-refractivity contribution >= 4 is 32.3 Å². The minimum atomic E-state index is 0.690. The van der Waals surface area contributed by atoms with Crippen molar-refractivity contribution in [2.75, 3.05) is 25.0 Å². The maximum atomic E-state index is 3.47. The third-order valence-corrected chi connectivity index (χ3v) is 3.93. The third-order valence-electron chi connectivity index (χ3n) is 2.21. The van der Waals surface area contributed by atoms with Gasteiger partial charge in [-0.15, -0.1) is 11.3 Å². The van der Waals surface area contributed by atoms with E-state index in [2.05, 4.69) is 45.3 Å². The fourth-order valence-electron chi connectivity index (χ4n) is 1.22. The van der Waals surface area contributed by atoms with Crippen LogP contribution in [0.25, 0.3) is 0 Å². The number of rotatable bonds is 2. The number of thiophene rings is 1. The Labute approximate surface area is 84.7 Å². The SMILES string of the molecule is CN(c1ccc(Br)s1)C1CNC1. The zero-order valence-corrected chi connectivity index (χ0v) is 9.28. The van der Waals surface area contributed by atoms with E-state index in [4.69, 9.17) is 0 Å². The molecule has 0 spiro atoms. The van der Waals surface area contributed by atoms with Crippen LogP contribution in [0.2, 0.25) is 0 Å². The van der Waals surface area contributed by atoms with Gasteiger partial charge in [0.15, 0.2) is 0 Å². The van der Waals surface area contributed by atoms with Gasteiger partial charge >= 0.3 is 0 Å². The molecule has 0 unspecified atom stereocenters. The Balaban J connectivity index is 2.08. The Morgan fingerprint density at radius 3 is 2.75 bits per heavy atom. The van der Waals surface area contributed by atoms with Crippen molar-refractivity contribution in [2.24, 2.45) is 0 Å². The number of nitrogens with zero attached hydrogens (tertiary/aromatic N) is 1. The van der Waals surface area contributed by atoms with Crippen LogP contribution in [0.15, 0.2) is 15.9 Å². The molecule has 1 saturated heterocycles. The molecular weight excluding hydrogens is 236 g/mol. The molecule has 1 fully saturated rings. The smallest absolute Gasteiger partial charge is 0.0921 e. The van der Waals surface area contributed by atoms with Gasteiger partial charge in [0.1, 0.15) is 0 Å². The lowest BCUT2D eigenvalue weighted by molar-refractivity contribution is 0.430. The van der Waals surface area contributed by atoms with Gasteiger partial charge in [0.25, 0.3) is 0 Å². The number of nitrogens with one attached hydrogen (secondary N) is 1. The first-order valence-electron chi connectivity index (χ1n) is 3.96. The maximum Gasteiger partial charge on any atom is 0.0921 e. The van der Waals surface area contributed by atoms with Crippen molar-refractivity contribution in [3.05, 3.63) is 15.9 Å². The highest BCUT2D eigenvalue weighted by atomic mass is 79.9. The summed E-state index contributed by atoms with van der Waals surface area (Å²) in [4.78, 5) is 2.34. The first-order chi connectivity index (χ1) is 5.77. The standard InChI is InChI=1S/C8H11BrN2S/c1-11(6-4-10-5-6)8-3-2-7(9)12-8/h2-3,6,10H,4-5H2,1H3. The molecule has 0 atom stereocenters. The second-order valence-corrected chi connectivity index (χ2v) is 5.44. The van der Waals surface area contributed by atoms with Gasteiger partial charge in [-0.3, -0.25) is 0 Å². The molecular formula is C8H11BrN2S. The van der Waals surface area contributed by atoms with Crippen LogP contribution in [-0.2, 0) is 0 Å². The summed E-state index contributed by atoms with van der Waals surface area (Å²) in [6.07, 6.45) is 0. The maximum absolute atomic E-state index is 3.47. The van der Waals surface area contributed by atoms with E-state index in [9.17, 15) is 0 Å². The van der Waals surface area contributed by atoms with Crippen LogP contribution in [0.3, 0.4) is 0 Å². The van der Waals surface area contributed by atoms with Crippen LogP contribution in [-0.4, -0.2) is 26.2 Å². The summed E-state index contributed by atoms with van der Waals surface area (Å²) in [7, 11) is 2.16. The monoisotopic (exact) mass is 246 g/mol. The Morgan fingerprint density at radius 1 is 1.58 bits per heavy atom. The number of anilines is 1. The van der Waals surface area contributed by atoms with Gasteiger partial charge in [0.2, 0.25) is 0 Å². The average molecular weight is 247 g/mol. The van der Waals surface area contributed by atoms with E-state index in [1.165, 1.54) is 8.79 Å². The summed E-state index contributed by atoms with van der Waals surface area (Å²) in [5, 5.41) is 4.61. The van der Waals surface area contributed by atoms with Gasteiger partial charge in [-0.25, -0.2) is 0 Å². The lowest BCUT2D eigenvalue weighted by atomic mass is 10.1. The summed E-state index contributed by atoms with van der Waals surface area (Å²) in [5.74, 6) is 0. The Hall–Kier alpha value is -0.0600. The van der Waals surface area contributed by atoms with Gasteiger partial charge in [0.05, 0.1) is 14.8 Å². The molecule has 0 radical (unpaired) electrons. The lowest BCUT2D eigenvalue weighted by Gasteiger charge is -2.36. The van der Waals surface area contributed by atoms with E-state index < -0.39 is 0 Å². The van der Waals surface area contributed by atoms with E-state index in [1.807, 2.05) is 0 Å². The molecule has 0 aromatic carbocycles. The molecule has 1 aliphatic heterocycles. The Kier molecular flexibility index (Phi) is 2.39. The Bertz CT molecular complexity index is 270. The largest absolute Gasteiger partial charge is 0.361 e. The summed E-state index contributed by atoms with van der Waals surface area (Å²) >= 11 is 5.25. The van der Waals surface area contributed by atoms with Crippen molar-refractivity contribution in [3.8, 4) is 0 Å². The van der Waals surface area contributed by atoms with E-state index in [0.717, 1.165) is 13.1 Å². The summed E-state index contributed by atoms with van der Waals surface area (Å²) < 4.78 is 1.21. The van der Waals surface area contributed by atoms with Crippen LogP contribution < -0.4 is 10.2 Å². The molecule has 2 rings (SSSR count). The molecule has 12 heavy (non-hydrogen) atoms. The molecule has 0 aliphatic carbocycles. The van der Waals surface area contributed by atoms with E-state index in [0.29, 0.717) is 6.04 Å². The Morgan fingerprint density at radius 2 is 2.33 bits per heavy atom. The molecule has 2 heterocycles. The number of halogens is 1. The van der Waals surface area contributed by atoms with E-state index >= 15 is 0 Å². The molecule has 1 aromatic rings. The second kappa shape index (κ2) is 3.36. The van der Waals surface area contributed by atoms with E-state index in [-0.39, 0.29) is 0 Å². The van der Waals surface area contributed by atoms with Gasteiger partial charge < -0.3 is 10.2 Å². The first-order valence-corrected chi connectivity index (χ1v) is 5.57. The van der Waals surface area contributed by atoms with Crippen molar-refractivity contribution in [1.29, 1.82) is 0 Å². The summed E-state index contributed by atoms with van der Waals surface area (Å²) in [6.45, 7) is 2.23. The predicted octanol–water partition coefficient (Wildman–Crippen LogP) is 1.92. The molecule has 0 amide bonds. The minimum absolute atomic E-state index is 0.690. The molecule has 66 valence electrons. The summed E-state index contributed by atoms with van der Waals surface area (Å²) in [6, 6.07) is 4.95. The number of hydrogen-bond acceptors (Lipinski definition) is 3. The fourth-order valence-corrected chi connectivity index (χ4v) is 2.62. The molecule has 1 N–H and O–H groups in total. The quantitative estimate of drug-likeness (QED) is 0.858. The van der Waals surface area contributed by atoms with Crippen LogP contribution in [0.5, 0.6) is 0 Å². The normalized spacial score (nSPS) is 17.5. The average Bonchev–Trinajstić information content (AvgIpc) is 2.31. The first kappa shape index (κ1) is 8.53. The molecule has 0 bridgehead atoms.